The van der Waals surface area contributed by atoms with Crippen LogP contribution in [-0.4, -0.2) is 36.0 Å². The molecule has 158 valence electrons. The number of aromatic hydroxyl groups is 1. The summed E-state index contributed by atoms with van der Waals surface area (Å²) >= 11 is 0. The van der Waals surface area contributed by atoms with Crippen molar-refractivity contribution in [1.82, 2.24) is 20.1 Å². The number of carbonyl (C=O) groups excluding carboxylic acids is 1. The molecule has 0 saturated carbocycles. The molecule has 0 aliphatic carbocycles. The quantitative estimate of drug-likeness (QED) is 0.368. The summed E-state index contributed by atoms with van der Waals surface area (Å²) in [4.78, 5) is 30.0. The molecule has 1 atom stereocenters. The minimum atomic E-state index is -0.626. The summed E-state index contributed by atoms with van der Waals surface area (Å²) in [5.41, 5.74) is 3.16. The van der Waals surface area contributed by atoms with Gasteiger partial charge in [-0.05, 0) is 35.4 Å². The number of carbonyl (C=O) groups is 1. The third kappa shape index (κ3) is 3.16. The Morgan fingerprint density at radius 2 is 1.88 bits per heavy atom. The van der Waals surface area contributed by atoms with Crippen molar-refractivity contribution < 1.29 is 14.8 Å². The van der Waals surface area contributed by atoms with Crippen LogP contribution in [0.5, 0.6) is 5.75 Å². The van der Waals surface area contributed by atoms with E-state index in [1.54, 1.807) is 53.7 Å². The maximum absolute atomic E-state index is 13.4. The van der Waals surface area contributed by atoms with Crippen LogP contribution in [0.2, 0.25) is 0 Å². The first-order valence-electron chi connectivity index (χ1n) is 9.85. The number of hydrogen-bond acceptors (Lipinski definition) is 6. The minimum Gasteiger partial charge on any atom is -0.507 e. The molecular formula is C23H17N5O4. The number of aromatic amines is 1. The molecule has 1 amide bonds. The van der Waals surface area contributed by atoms with Crippen LogP contribution in [0.4, 0.5) is 5.69 Å². The van der Waals surface area contributed by atoms with Crippen LogP contribution >= 0.6 is 0 Å². The SMILES string of the molecule is O=C1c2[nH]nc(-c3ccccc3O)c2C(c2cccc([N+](=O)[O-])c2)N1Cc1ccncc1. The summed E-state index contributed by atoms with van der Waals surface area (Å²) < 4.78 is 0. The number of hydrogen-bond donors (Lipinski definition) is 2. The Labute approximate surface area is 182 Å². The second-order valence-corrected chi connectivity index (χ2v) is 7.42. The average molecular weight is 427 g/mol. The molecular weight excluding hydrogens is 410 g/mol. The molecule has 5 rings (SSSR count). The molecule has 1 aliphatic rings. The number of non-ortho nitro benzene ring substituents is 1. The lowest BCUT2D eigenvalue weighted by molar-refractivity contribution is -0.384. The van der Waals surface area contributed by atoms with Crippen molar-refractivity contribution in [3.63, 3.8) is 0 Å². The predicted octanol–water partition coefficient (Wildman–Crippen LogP) is 3.83. The zero-order valence-electron chi connectivity index (χ0n) is 16.7. The summed E-state index contributed by atoms with van der Waals surface area (Å²) in [6, 6.07) is 16.0. The van der Waals surface area contributed by atoms with Gasteiger partial charge in [0.25, 0.3) is 11.6 Å². The Balaban J connectivity index is 1.69. The molecule has 1 unspecified atom stereocenters. The van der Waals surface area contributed by atoms with Crippen molar-refractivity contribution in [2.75, 3.05) is 0 Å². The van der Waals surface area contributed by atoms with Gasteiger partial charge in [0.15, 0.2) is 0 Å². The molecule has 4 aromatic rings. The first-order valence-corrected chi connectivity index (χ1v) is 9.85. The highest BCUT2D eigenvalue weighted by Gasteiger charge is 2.42. The molecule has 32 heavy (non-hydrogen) atoms. The number of H-pyrrole nitrogens is 1. The van der Waals surface area contributed by atoms with E-state index in [-0.39, 0.29) is 23.9 Å². The van der Waals surface area contributed by atoms with Crippen LogP contribution in [0.3, 0.4) is 0 Å². The zero-order chi connectivity index (χ0) is 22.2. The number of phenolic OH excluding ortho intramolecular Hbond substituents is 1. The van der Waals surface area contributed by atoms with E-state index < -0.39 is 11.0 Å². The normalized spacial score (nSPS) is 15.1. The van der Waals surface area contributed by atoms with E-state index >= 15 is 0 Å². The number of nitro benzene ring substituents is 1. The monoisotopic (exact) mass is 427 g/mol. The molecule has 3 heterocycles. The van der Waals surface area contributed by atoms with Gasteiger partial charge in [0.2, 0.25) is 0 Å². The van der Waals surface area contributed by atoms with Crippen LogP contribution in [0.25, 0.3) is 11.3 Å². The Morgan fingerprint density at radius 3 is 2.62 bits per heavy atom. The molecule has 2 aromatic heterocycles. The van der Waals surface area contributed by atoms with E-state index in [1.807, 2.05) is 12.1 Å². The van der Waals surface area contributed by atoms with Crippen LogP contribution in [-0.2, 0) is 6.54 Å². The second kappa shape index (κ2) is 7.62. The molecule has 1 aliphatic heterocycles. The maximum atomic E-state index is 13.4. The van der Waals surface area contributed by atoms with Crippen molar-refractivity contribution in [3.8, 4) is 17.0 Å². The van der Waals surface area contributed by atoms with Gasteiger partial charge in [-0.3, -0.25) is 25.0 Å². The Hall–Kier alpha value is -4.53. The van der Waals surface area contributed by atoms with Gasteiger partial charge < -0.3 is 10.0 Å². The summed E-state index contributed by atoms with van der Waals surface area (Å²) in [7, 11) is 0. The van der Waals surface area contributed by atoms with Crippen LogP contribution in [0.15, 0.2) is 73.1 Å². The minimum absolute atomic E-state index is 0.0274. The molecule has 0 spiro atoms. The highest BCUT2D eigenvalue weighted by molar-refractivity contribution is 6.00. The van der Waals surface area contributed by atoms with Gasteiger partial charge in [-0.15, -0.1) is 0 Å². The lowest BCUT2D eigenvalue weighted by atomic mass is 9.95. The highest BCUT2D eigenvalue weighted by atomic mass is 16.6. The van der Waals surface area contributed by atoms with Crippen LogP contribution in [0.1, 0.15) is 33.2 Å². The number of nitrogens with zero attached hydrogens (tertiary/aromatic N) is 4. The van der Waals surface area contributed by atoms with E-state index in [2.05, 4.69) is 15.2 Å². The predicted molar refractivity (Wildman–Crippen MR) is 115 cm³/mol. The van der Waals surface area contributed by atoms with Crippen LogP contribution in [0, 0.1) is 10.1 Å². The number of rotatable bonds is 5. The molecule has 0 bridgehead atoms. The smallest absolute Gasteiger partial charge is 0.273 e. The van der Waals surface area contributed by atoms with Gasteiger partial charge in [0, 0.05) is 42.2 Å². The molecule has 2 N–H and O–H groups in total. The fourth-order valence-electron chi connectivity index (χ4n) is 4.08. The molecule has 9 heteroatoms. The largest absolute Gasteiger partial charge is 0.507 e. The van der Waals surface area contributed by atoms with Crippen molar-refractivity contribution in [2.45, 2.75) is 12.6 Å². The third-order valence-electron chi connectivity index (χ3n) is 5.52. The van der Waals surface area contributed by atoms with E-state index in [1.165, 1.54) is 12.1 Å². The number of pyridine rings is 1. The topological polar surface area (TPSA) is 125 Å². The van der Waals surface area contributed by atoms with Crippen molar-refractivity contribution in [2.24, 2.45) is 0 Å². The van der Waals surface area contributed by atoms with Gasteiger partial charge in [0.1, 0.15) is 17.1 Å². The number of benzene rings is 2. The first-order chi connectivity index (χ1) is 15.5. The summed E-state index contributed by atoms with van der Waals surface area (Å²) in [6.07, 6.45) is 3.29. The van der Waals surface area contributed by atoms with Gasteiger partial charge in [-0.2, -0.15) is 5.10 Å². The van der Waals surface area contributed by atoms with Gasteiger partial charge >= 0.3 is 0 Å². The second-order valence-electron chi connectivity index (χ2n) is 7.42. The number of nitro groups is 1. The van der Waals surface area contributed by atoms with E-state index in [0.29, 0.717) is 28.1 Å². The zero-order valence-corrected chi connectivity index (χ0v) is 16.7. The Morgan fingerprint density at radius 1 is 1.09 bits per heavy atom. The Bertz CT molecular complexity index is 1340. The highest BCUT2D eigenvalue weighted by Crippen LogP contribution is 2.45. The van der Waals surface area contributed by atoms with Gasteiger partial charge in [-0.1, -0.05) is 24.3 Å². The summed E-state index contributed by atoms with van der Waals surface area (Å²) in [5.74, 6) is -0.248. The number of para-hydroxylation sites is 1. The Kier molecular flexibility index (Phi) is 4.63. The molecule has 0 saturated heterocycles. The fraction of sp³-hybridized carbons (Fsp3) is 0.0870. The number of phenols is 1. The average Bonchev–Trinajstić information content (AvgIpc) is 3.34. The van der Waals surface area contributed by atoms with Gasteiger partial charge in [-0.25, -0.2) is 0 Å². The van der Waals surface area contributed by atoms with E-state index in [9.17, 15) is 20.0 Å². The number of nitrogens with one attached hydrogen (secondary N) is 1. The number of amides is 1. The third-order valence-corrected chi connectivity index (χ3v) is 5.52. The number of fused-ring (bicyclic) bond motifs is 1. The summed E-state index contributed by atoms with van der Waals surface area (Å²) in [6.45, 7) is 0.275. The fourth-order valence-corrected chi connectivity index (χ4v) is 4.08. The maximum Gasteiger partial charge on any atom is 0.273 e. The molecule has 9 nitrogen and oxygen atoms in total. The van der Waals surface area contributed by atoms with E-state index in [4.69, 9.17) is 0 Å². The molecule has 0 fully saturated rings. The van der Waals surface area contributed by atoms with Crippen LogP contribution < -0.4 is 0 Å². The molecule has 0 radical (unpaired) electrons. The first kappa shape index (κ1) is 19.4. The van der Waals surface area contributed by atoms with Crippen molar-refractivity contribution in [1.29, 1.82) is 0 Å². The van der Waals surface area contributed by atoms with Crippen molar-refractivity contribution in [3.05, 3.63) is 106 Å². The summed E-state index contributed by atoms with van der Waals surface area (Å²) in [5, 5.41) is 28.9. The number of aromatic nitrogens is 3. The lowest BCUT2D eigenvalue weighted by Crippen LogP contribution is -2.29. The standard InChI is InChI=1S/C23H17N5O4/c29-18-7-2-1-6-17(18)20-19-21(26-25-20)23(30)27(13-14-8-10-24-11-9-14)22(19)15-4-3-5-16(12-15)28(31)32/h1-12,22,29H,13H2,(H,25,26). The lowest BCUT2D eigenvalue weighted by Gasteiger charge is -2.26. The van der Waals surface area contributed by atoms with Crippen molar-refractivity contribution >= 4 is 11.6 Å². The molecule has 2 aromatic carbocycles. The van der Waals surface area contributed by atoms with E-state index in [0.717, 1.165) is 5.56 Å². The van der Waals surface area contributed by atoms with Gasteiger partial charge in [0.05, 0.1) is 11.0 Å².